The van der Waals surface area contributed by atoms with Gasteiger partial charge < -0.3 is 5.32 Å². The second kappa shape index (κ2) is 5.98. The summed E-state index contributed by atoms with van der Waals surface area (Å²) in [7, 11) is -0.920. The quantitative estimate of drug-likeness (QED) is 0.912. The van der Waals surface area contributed by atoms with Gasteiger partial charge in [0.25, 0.3) is 0 Å². The van der Waals surface area contributed by atoms with Crippen molar-refractivity contribution < 1.29 is 4.21 Å². The van der Waals surface area contributed by atoms with E-state index in [1.807, 2.05) is 24.3 Å². The molecule has 0 radical (unpaired) electrons. The Hall–Kier alpha value is -0.380. The molecule has 94 valence electrons. The number of hydrogen-bond donors (Lipinski definition) is 1. The number of hydrogen-bond acceptors (Lipinski definition) is 2. The van der Waals surface area contributed by atoms with Gasteiger partial charge in [-0.25, -0.2) is 0 Å². The maximum absolute atomic E-state index is 12.5. The lowest BCUT2D eigenvalue weighted by molar-refractivity contribution is 0.541. The van der Waals surface area contributed by atoms with Gasteiger partial charge in [-0.1, -0.05) is 24.9 Å². The Morgan fingerprint density at radius 3 is 2.71 bits per heavy atom. The SMILES string of the molecule is CCNC1CCCC1S(=O)c1ccc(Cl)cc1. The van der Waals surface area contributed by atoms with Crippen LogP contribution in [0.25, 0.3) is 0 Å². The summed E-state index contributed by atoms with van der Waals surface area (Å²) < 4.78 is 12.5. The summed E-state index contributed by atoms with van der Waals surface area (Å²) in [4.78, 5) is 0.893. The van der Waals surface area contributed by atoms with Crippen LogP contribution in [0.3, 0.4) is 0 Å². The second-order valence-electron chi connectivity index (χ2n) is 4.38. The highest BCUT2D eigenvalue weighted by Crippen LogP contribution is 2.27. The molecule has 0 heterocycles. The van der Waals surface area contributed by atoms with Crippen LogP contribution in [0, 0.1) is 0 Å². The van der Waals surface area contributed by atoms with Crippen molar-refractivity contribution in [2.24, 2.45) is 0 Å². The van der Waals surface area contributed by atoms with E-state index in [1.54, 1.807) is 0 Å². The van der Waals surface area contributed by atoms with E-state index < -0.39 is 10.8 Å². The van der Waals surface area contributed by atoms with Gasteiger partial charge >= 0.3 is 0 Å². The molecule has 3 atom stereocenters. The third-order valence-electron chi connectivity index (χ3n) is 3.24. The van der Waals surface area contributed by atoms with E-state index in [1.165, 1.54) is 6.42 Å². The topological polar surface area (TPSA) is 29.1 Å². The van der Waals surface area contributed by atoms with Gasteiger partial charge in [0.2, 0.25) is 0 Å². The summed E-state index contributed by atoms with van der Waals surface area (Å²) in [6, 6.07) is 7.77. The van der Waals surface area contributed by atoms with Crippen molar-refractivity contribution >= 4 is 22.4 Å². The van der Waals surface area contributed by atoms with Crippen LogP contribution in [0.15, 0.2) is 29.2 Å². The lowest BCUT2D eigenvalue weighted by Crippen LogP contribution is -2.37. The zero-order valence-electron chi connectivity index (χ0n) is 9.99. The summed E-state index contributed by atoms with van der Waals surface area (Å²) in [5.41, 5.74) is 0. The molecule has 0 spiro atoms. The molecule has 3 unspecified atom stereocenters. The average Bonchev–Trinajstić information content (AvgIpc) is 2.78. The van der Waals surface area contributed by atoms with Crippen LogP contribution in [0.4, 0.5) is 0 Å². The van der Waals surface area contributed by atoms with Gasteiger partial charge in [0.1, 0.15) is 0 Å². The second-order valence-corrected chi connectivity index (χ2v) is 6.49. The van der Waals surface area contributed by atoms with Gasteiger partial charge in [-0.15, -0.1) is 0 Å². The molecule has 0 aromatic heterocycles. The highest BCUT2D eigenvalue weighted by Gasteiger charge is 2.31. The lowest BCUT2D eigenvalue weighted by Gasteiger charge is -2.19. The number of halogens is 1. The summed E-state index contributed by atoms with van der Waals surface area (Å²) in [5, 5.41) is 4.38. The average molecular weight is 272 g/mol. The Morgan fingerprint density at radius 2 is 2.06 bits per heavy atom. The van der Waals surface area contributed by atoms with Crippen molar-refractivity contribution in [3.63, 3.8) is 0 Å². The molecular weight excluding hydrogens is 254 g/mol. The van der Waals surface area contributed by atoms with E-state index in [-0.39, 0.29) is 5.25 Å². The van der Waals surface area contributed by atoms with Crippen molar-refractivity contribution in [3.8, 4) is 0 Å². The Morgan fingerprint density at radius 1 is 1.35 bits per heavy atom. The van der Waals surface area contributed by atoms with Gasteiger partial charge in [0.05, 0.1) is 16.0 Å². The van der Waals surface area contributed by atoms with Crippen LogP contribution in [0.5, 0.6) is 0 Å². The largest absolute Gasteiger partial charge is 0.313 e. The first-order chi connectivity index (χ1) is 8.22. The fourth-order valence-electron chi connectivity index (χ4n) is 2.42. The van der Waals surface area contributed by atoms with Gasteiger partial charge in [-0.2, -0.15) is 0 Å². The molecule has 1 aromatic rings. The van der Waals surface area contributed by atoms with Crippen molar-refractivity contribution in [1.29, 1.82) is 0 Å². The van der Waals surface area contributed by atoms with Crippen molar-refractivity contribution in [1.82, 2.24) is 5.32 Å². The van der Waals surface area contributed by atoms with Crippen LogP contribution in [0.1, 0.15) is 26.2 Å². The third kappa shape index (κ3) is 3.09. The molecule has 1 saturated carbocycles. The third-order valence-corrected chi connectivity index (χ3v) is 5.34. The summed E-state index contributed by atoms with van der Waals surface area (Å²) in [6.07, 6.45) is 3.35. The van der Waals surface area contributed by atoms with Crippen molar-refractivity contribution in [2.75, 3.05) is 6.54 Å². The van der Waals surface area contributed by atoms with E-state index in [4.69, 9.17) is 11.6 Å². The Balaban J connectivity index is 2.11. The molecule has 1 aliphatic rings. The highest BCUT2D eigenvalue weighted by atomic mass is 35.5. The van der Waals surface area contributed by atoms with Crippen molar-refractivity contribution in [3.05, 3.63) is 29.3 Å². The first-order valence-electron chi connectivity index (χ1n) is 6.12. The first-order valence-corrected chi connectivity index (χ1v) is 7.71. The van der Waals surface area contributed by atoms with Crippen LogP contribution in [-0.4, -0.2) is 22.0 Å². The predicted octanol–water partition coefficient (Wildman–Crippen LogP) is 2.98. The smallest absolute Gasteiger partial charge is 0.0576 e. The van der Waals surface area contributed by atoms with E-state index in [2.05, 4.69) is 12.2 Å². The van der Waals surface area contributed by atoms with E-state index in [0.717, 1.165) is 24.3 Å². The molecule has 17 heavy (non-hydrogen) atoms. The number of rotatable bonds is 4. The van der Waals surface area contributed by atoms with E-state index in [9.17, 15) is 4.21 Å². The maximum atomic E-state index is 12.5. The van der Waals surface area contributed by atoms with Crippen LogP contribution >= 0.6 is 11.6 Å². The molecular formula is C13H18ClNOS. The molecule has 0 aliphatic heterocycles. The molecule has 4 heteroatoms. The van der Waals surface area contributed by atoms with E-state index >= 15 is 0 Å². The predicted molar refractivity (Wildman–Crippen MR) is 73.0 cm³/mol. The molecule has 0 bridgehead atoms. The monoisotopic (exact) mass is 271 g/mol. The minimum absolute atomic E-state index is 0.246. The minimum Gasteiger partial charge on any atom is -0.313 e. The molecule has 1 aliphatic carbocycles. The summed E-state index contributed by atoms with van der Waals surface area (Å²) in [6.45, 7) is 3.04. The van der Waals surface area contributed by atoms with Gasteiger partial charge in [0, 0.05) is 16.0 Å². The van der Waals surface area contributed by atoms with Gasteiger partial charge in [-0.05, 0) is 43.7 Å². The van der Waals surface area contributed by atoms with Crippen LogP contribution in [-0.2, 0) is 10.8 Å². The van der Waals surface area contributed by atoms with Crippen molar-refractivity contribution in [2.45, 2.75) is 42.4 Å². The Kier molecular flexibility index (Phi) is 4.60. The van der Waals surface area contributed by atoms with Gasteiger partial charge in [-0.3, -0.25) is 4.21 Å². The Labute approximate surface area is 110 Å². The molecule has 2 rings (SSSR count). The molecule has 1 aromatic carbocycles. The maximum Gasteiger partial charge on any atom is 0.0576 e. The van der Waals surface area contributed by atoms with Crippen LogP contribution < -0.4 is 5.32 Å². The standard InChI is InChI=1S/C13H18ClNOS/c1-2-15-12-4-3-5-13(12)17(16)11-8-6-10(14)7-9-11/h6-9,12-13,15H,2-5H2,1H3. The molecule has 0 amide bonds. The normalized spacial score (nSPS) is 26.0. The first kappa shape index (κ1) is 13.1. The summed E-state index contributed by atoms with van der Waals surface area (Å²) in [5.74, 6) is 0. The summed E-state index contributed by atoms with van der Waals surface area (Å²) >= 11 is 5.84. The number of nitrogens with one attached hydrogen (secondary N) is 1. The zero-order chi connectivity index (χ0) is 12.3. The van der Waals surface area contributed by atoms with E-state index in [0.29, 0.717) is 11.1 Å². The molecule has 1 N–H and O–H groups in total. The molecule has 2 nitrogen and oxygen atoms in total. The minimum atomic E-state index is -0.920. The fraction of sp³-hybridized carbons (Fsp3) is 0.538. The Bertz CT molecular complexity index is 393. The zero-order valence-corrected chi connectivity index (χ0v) is 11.6. The molecule has 1 fully saturated rings. The molecule has 0 saturated heterocycles. The van der Waals surface area contributed by atoms with Gasteiger partial charge in [0.15, 0.2) is 0 Å². The number of benzene rings is 1. The fourth-order valence-corrected chi connectivity index (χ4v) is 4.21. The lowest BCUT2D eigenvalue weighted by atomic mass is 10.2. The van der Waals surface area contributed by atoms with Crippen LogP contribution in [0.2, 0.25) is 5.02 Å². The highest BCUT2D eigenvalue weighted by molar-refractivity contribution is 7.85.